The monoisotopic (exact) mass is 304 g/mol. The molecule has 1 aromatic heterocycles. The van der Waals surface area contributed by atoms with E-state index in [2.05, 4.69) is 10.3 Å². The van der Waals surface area contributed by atoms with Crippen LogP contribution < -0.4 is 10.9 Å². The molecule has 114 valence electrons. The normalized spacial score (nSPS) is 13.5. The summed E-state index contributed by atoms with van der Waals surface area (Å²) in [5, 5.41) is 2.41. The van der Waals surface area contributed by atoms with Gasteiger partial charge in [0.2, 0.25) is 0 Å². The summed E-state index contributed by atoms with van der Waals surface area (Å²) < 4.78 is 26.0. The van der Waals surface area contributed by atoms with Gasteiger partial charge in [0.05, 0.1) is 0 Å². The smallest absolute Gasteiger partial charge is 0.261 e. The number of hydrogen-bond acceptors (Lipinski definition) is 2. The van der Waals surface area contributed by atoms with E-state index in [4.69, 9.17) is 0 Å². The van der Waals surface area contributed by atoms with Gasteiger partial charge in [-0.25, -0.2) is 8.78 Å². The highest BCUT2D eigenvalue weighted by Crippen LogP contribution is 2.19. The molecule has 6 heteroatoms. The molecule has 1 aromatic carbocycles. The first-order chi connectivity index (χ1) is 10.5. The van der Waals surface area contributed by atoms with Gasteiger partial charge in [0.1, 0.15) is 5.56 Å². The zero-order valence-corrected chi connectivity index (χ0v) is 11.7. The Balaban J connectivity index is 1.88. The molecule has 2 aromatic rings. The van der Waals surface area contributed by atoms with E-state index in [1.165, 1.54) is 6.07 Å². The molecule has 3 rings (SSSR count). The Labute approximate surface area is 125 Å². The summed E-state index contributed by atoms with van der Waals surface area (Å²) >= 11 is 0. The summed E-state index contributed by atoms with van der Waals surface area (Å²) in [6.45, 7) is 0. The fourth-order valence-corrected chi connectivity index (χ4v) is 2.62. The van der Waals surface area contributed by atoms with Gasteiger partial charge in [0, 0.05) is 17.4 Å². The summed E-state index contributed by atoms with van der Waals surface area (Å²) in [6, 6.07) is 4.62. The molecular weight excluding hydrogens is 290 g/mol. The number of rotatable bonds is 2. The van der Waals surface area contributed by atoms with Crippen LogP contribution in [0.2, 0.25) is 0 Å². The Kier molecular flexibility index (Phi) is 3.75. The molecule has 1 aliphatic carbocycles. The number of carbonyl (C=O) groups is 1. The maximum absolute atomic E-state index is 13.1. The third kappa shape index (κ3) is 2.77. The summed E-state index contributed by atoms with van der Waals surface area (Å²) in [4.78, 5) is 26.9. The van der Waals surface area contributed by atoms with Gasteiger partial charge >= 0.3 is 0 Å². The van der Waals surface area contributed by atoms with Crippen LogP contribution in [0.4, 0.5) is 14.5 Å². The molecule has 0 fully saturated rings. The third-order valence-electron chi connectivity index (χ3n) is 3.76. The molecule has 0 atom stereocenters. The van der Waals surface area contributed by atoms with Crippen molar-refractivity contribution in [2.75, 3.05) is 5.32 Å². The Morgan fingerprint density at radius 2 is 1.86 bits per heavy atom. The maximum Gasteiger partial charge on any atom is 0.261 e. The van der Waals surface area contributed by atoms with Crippen molar-refractivity contribution in [3.8, 4) is 0 Å². The standard InChI is InChI=1S/C16H14F2N2O2/c17-12-6-5-10(8-13(12)18)19-15(21)11-7-9-3-1-2-4-14(9)20-16(11)22/h5-8H,1-4H2,(H,19,21)(H,20,22). The average Bonchev–Trinajstić information content (AvgIpc) is 2.50. The summed E-state index contributed by atoms with van der Waals surface area (Å²) in [7, 11) is 0. The predicted molar refractivity (Wildman–Crippen MR) is 78.0 cm³/mol. The highest BCUT2D eigenvalue weighted by atomic mass is 19.2. The number of aromatic amines is 1. The van der Waals surface area contributed by atoms with Crippen LogP contribution in [0.3, 0.4) is 0 Å². The number of amides is 1. The minimum Gasteiger partial charge on any atom is -0.325 e. The first kappa shape index (κ1) is 14.4. The minimum atomic E-state index is -1.06. The number of H-pyrrole nitrogens is 1. The van der Waals surface area contributed by atoms with Crippen LogP contribution in [0.25, 0.3) is 0 Å². The SMILES string of the molecule is O=C(Nc1ccc(F)c(F)c1)c1cc2c([nH]c1=O)CCCC2. The van der Waals surface area contributed by atoms with Crippen LogP contribution in [-0.2, 0) is 12.8 Å². The molecule has 0 radical (unpaired) electrons. The maximum atomic E-state index is 13.1. The van der Waals surface area contributed by atoms with Crippen molar-refractivity contribution in [3.63, 3.8) is 0 Å². The molecule has 1 aliphatic rings. The van der Waals surface area contributed by atoms with Crippen molar-refractivity contribution in [1.82, 2.24) is 4.98 Å². The molecular formula is C16H14F2N2O2. The van der Waals surface area contributed by atoms with Gasteiger partial charge in [-0.15, -0.1) is 0 Å². The third-order valence-corrected chi connectivity index (χ3v) is 3.76. The number of carbonyl (C=O) groups excluding carboxylic acids is 1. The van der Waals surface area contributed by atoms with E-state index in [0.717, 1.165) is 49.1 Å². The predicted octanol–water partition coefficient (Wildman–Crippen LogP) is 2.78. The van der Waals surface area contributed by atoms with Crippen LogP contribution >= 0.6 is 0 Å². The number of pyridine rings is 1. The van der Waals surface area contributed by atoms with E-state index in [-0.39, 0.29) is 11.3 Å². The molecule has 0 saturated carbocycles. The zero-order chi connectivity index (χ0) is 15.7. The molecule has 4 nitrogen and oxygen atoms in total. The molecule has 1 amide bonds. The lowest BCUT2D eigenvalue weighted by Gasteiger charge is -2.16. The average molecular weight is 304 g/mol. The lowest BCUT2D eigenvalue weighted by molar-refractivity contribution is 0.102. The van der Waals surface area contributed by atoms with Crippen LogP contribution in [-0.4, -0.2) is 10.9 Å². The number of aromatic nitrogens is 1. The first-order valence-electron chi connectivity index (χ1n) is 7.06. The van der Waals surface area contributed by atoms with E-state index in [0.29, 0.717) is 0 Å². The number of nitrogens with one attached hydrogen (secondary N) is 2. The Hall–Kier alpha value is -2.50. The van der Waals surface area contributed by atoms with Crippen LogP contribution in [0.5, 0.6) is 0 Å². The van der Waals surface area contributed by atoms with Gasteiger partial charge in [-0.3, -0.25) is 9.59 Å². The number of hydrogen-bond donors (Lipinski definition) is 2. The van der Waals surface area contributed by atoms with Gasteiger partial charge in [0.25, 0.3) is 11.5 Å². The van der Waals surface area contributed by atoms with E-state index in [1.807, 2.05) is 0 Å². The molecule has 0 spiro atoms. The molecule has 0 aliphatic heterocycles. The highest BCUT2D eigenvalue weighted by molar-refractivity contribution is 6.04. The zero-order valence-electron chi connectivity index (χ0n) is 11.7. The Bertz CT molecular complexity index is 799. The Morgan fingerprint density at radius 1 is 1.09 bits per heavy atom. The lowest BCUT2D eigenvalue weighted by atomic mass is 9.95. The van der Waals surface area contributed by atoms with E-state index < -0.39 is 23.1 Å². The van der Waals surface area contributed by atoms with Gasteiger partial charge < -0.3 is 10.3 Å². The number of fused-ring (bicyclic) bond motifs is 1. The topological polar surface area (TPSA) is 62.0 Å². The van der Waals surface area contributed by atoms with Gasteiger partial charge in [-0.2, -0.15) is 0 Å². The fourth-order valence-electron chi connectivity index (χ4n) is 2.62. The molecule has 2 N–H and O–H groups in total. The molecule has 0 unspecified atom stereocenters. The van der Waals surface area contributed by atoms with E-state index in [9.17, 15) is 18.4 Å². The van der Waals surface area contributed by atoms with E-state index in [1.54, 1.807) is 6.07 Å². The lowest BCUT2D eigenvalue weighted by Crippen LogP contribution is -2.26. The second-order valence-corrected chi connectivity index (χ2v) is 5.31. The molecule has 1 heterocycles. The second kappa shape index (κ2) is 5.71. The number of anilines is 1. The molecule has 0 bridgehead atoms. The van der Waals surface area contributed by atoms with Crippen molar-refractivity contribution in [3.05, 3.63) is 63.1 Å². The van der Waals surface area contributed by atoms with Crippen molar-refractivity contribution >= 4 is 11.6 Å². The van der Waals surface area contributed by atoms with Crippen LogP contribution in [0.1, 0.15) is 34.5 Å². The van der Waals surface area contributed by atoms with Crippen molar-refractivity contribution < 1.29 is 13.6 Å². The fraction of sp³-hybridized carbons (Fsp3) is 0.250. The van der Waals surface area contributed by atoms with Crippen molar-refractivity contribution in [1.29, 1.82) is 0 Å². The van der Waals surface area contributed by atoms with Crippen LogP contribution in [0.15, 0.2) is 29.1 Å². The summed E-state index contributed by atoms with van der Waals surface area (Å²) in [6.07, 6.45) is 3.65. The van der Waals surface area contributed by atoms with Crippen LogP contribution in [0, 0.1) is 11.6 Å². The van der Waals surface area contributed by atoms with Gasteiger partial charge in [0.15, 0.2) is 11.6 Å². The van der Waals surface area contributed by atoms with Crippen molar-refractivity contribution in [2.45, 2.75) is 25.7 Å². The van der Waals surface area contributed by atoms with E-state index >= 15 is 0 Å². The second-order valence-electron chi connectivity index (χ2n) is 5.31. The number of halogens is 2. The van der Waals surface area contributed by atoms with Crippen molar-refractivity contribution in [2.24, 2.45) is 0 Å². The minimum absolute atomic E-state index is 0.0228. The highest BCUT2D eigenvalue weighted by Gasteiger charge is 2.17. The first-order valence-corrected chi connectivity index (χ1v) is 7.06. The Morgan fingerprint density at radius 3 is 2.64 bits per heavy atom. The number of benzene rings is 1. The summed E-state index contributed by atoms with van der Waals surface area (Å²) in [5.74, 6) is -2.69. The largest absolute Gasteiger partial charge is 0.325 e. The molecule has 0 saturated heterocycles. The number of aryl methyl sites for hydroxylation is 2. The van der Waals surface area contributed by atoms with Gasteiger partial charge in [-0.05, 0) is 49.4 Å². The van der Waals surface area contributed by atoms with Gasteiger partial charge in [-0.1, -0.05) is 0 Å². The molecule has 22 heavy (non-hydrogen) atoms. The quantitative estimate of drug-likeness (QED) is 0.896. The summed E-state index contributed by atoms with van der Waals surface area (Å²) in [5.41, 5.74) is 1.44.